The predicted molar refractivity (Wildman–Crippen MR) is 69.2 cm³/mol. The molecule has 0 bridgehead atoms. The fraction of sp³-hybridized carbons (Fsp3) is 0.125. The Morgan fingerprint density at radius 2 is 2.00 bits per heavy atom. The van der Waals surface area contributed by atoms with E-state index in [1.54, 1.807) is 18.2 Å². The summed E-state index contributed by atoms with van der Waals surface area (Å²) in [5.74, 6) is 0.0330. The number of anilines is 1. The number of amidine groups is 1. The highest BCUT2D eigenvalue weighted by atomic mass is 35.6. The molecule has 1 N–H and O–H groups in total. The summed E-state index contributed by atoms with van der Waals surface area (Å²) in [7, 11) is -1.61. The van der Waals surface area contributed by atoms with Gasteiger partial charge < -0.3 is 5.32 Å². The second kappa shape index (κ2) is 4.35. The number of benzene rings is 1. The van der Waals surface area contributed by atoms with Gasteiger partial charge in [-0.2, -0.15) is 4.40 Å². The van der Waals surface area contributed by atoms with Crippen molar-refractivity contribution in [3.05, 3.63) is 23.2 Å². The van der Waals surface area contributed by atoms with E-state index in [-0.39, 0.29) is 5.84 Å². The van der Waals surface area contributed by atoms with E-state index in [0.29, 0.717) is 15.6 Å². The highest BCUT2D eigenvalue weighted by Gasteiger charge is 2.32. The van der Waals surface area contributed by atoms with Crippen LogP contribution < -0.4 is 5.32 Å². The highest BCUT2D eigenvalue weighted by Crippen LogP contribution is 2.34. The lowest BCUT2D eigenvalue weighted by Crippen LogP contribution is -2.30. The standard InChI is InChI=1S/C8H4Cl4N2OS/c9-4-1-2-5-6(3-4)16(15)14-7(13-5)8(10,11)12/h1-3H,(H,13,14). The normalized spacial score (nSPS) is 19.8. The maximum Gasteiger partial charge on any atom is 0.248 e. The van der Waals surface area contributed by atoms with Crippen molar-refractivity contribution in [1.82, 2.24) is 0 Å². The third-order valence-electron chi connectivity index (χ3n) is 1.83. The van der Waals surface area contributed by atoms with Gasteiger partial charge in [0.15, 0.2) is 16.8 Å². The van der Waals surface area contributed by atoms with Gasteiger partial charge in [0.2, 0.25) is 3.79 Å². The van der Waals surface area contributed by atoms with Crippen LogP contribution in [-0.4, -0.2) is 13.8 Å². The van der Waals surface area contributed by atoms with Gasteiger partial charge >= 0.3 is 0 Å². The van der Waals surface area contributed by atoms with Crippen LogP contribution >= 0.6 is 46.4 Å². The van der Waals surface area contributed by atoms with Crippen LogP contribution in [0.25, 0.3) is 0 Å². The van der Waals surface area contributed by atoms with Crippen LogP contribution in [0.2, 0.25) is 5.02 Å². The molecule has 1 aromatic rings. The summed E-state index contributed by atoms with van der Waals surface area (Å²) in [6.45, 7) is 0. The lowest BCUT2D eigenvalue weighted by Gasteiger charge is -2.21. The van der Waals surface area contributed by atoms with Crippen LogP contribution in [0.1, 0.15) is 0 Å². The van der Waals surface area contributed by atoms with Crippen molar-refractivity contribution in [2.24, 2.45) is 4.40 Å². The summed E-state index contributed by atoms with van der Waals surface area (Å²) >= 11 is 22.7. The van der Waals surface area contributed by atoms with Gasteiger partial charge in [0.05, 0.1) is 10.6 Å². The molecule has 0 radical (unpaired) electrons. The molecule has 86 valence electrons. The maximum atomic E-state index is 11.7. The average molecular weight is 318 g/mol. The molecule has 1 atom stereocenters. The molecular weight excluding hydrogens is 314 g/mol. The predicted octanol–water partition coefficient (Wildman–Crippen LogP) is 3.56. The van der Waals surface area contributed by atoms with Crippen LogP contribution in [0.4, 0.5) is 5.69 Å². The van der Waals surface area contributed by atoms with Gasteiger partial charge in [-0.3, -0.25) is 0 Å². The number of alkyl halides is 3. The van der Waals surface area contributed by atoms with Crippen molar-refractivity contribution in [2.45, 2.75) is 8.69 Å². The van der Waals surface area contributed by atoms with E-state index in [1.807, 2.05) is 0 Å². The van der Waals surface area contributed by atoms with E-state index in [9.17, 15) is 4.21 Å². The van der Waals surface area contributed by atoms with Crippen LogP contribution in [0.3, 0.4) is 0 Å². The fourth-order valence-electron chi connectivity index (χ4n) is 1.15. The molecule has 0 aliphatic carbocycles. The van der Waals surface area contributed by atoms with E-state index in [2.05, 4.69) is 9.71 Å². The molecule has 1 unspecified atom stereocenters. The smallest absolute Gasteiger partial charge is 0.248 e. The van der Waals surface area contributed by atoms with E-state index in [0.717, 1.165) is 0 Å². The summed E-state index contributed by atoms with van der Waals surface area (Å²) in [6.07, 6.45) is 0. The molecule has 0 amide bonds. The van der Waals surface area contributed by atoms with Crippen LogP contribution in [0, 0.1) is 0 Å². The minimum atomic E-state index is -1.73. The second-order valence-corrected chi connectivity index (χ2v) is 6.79. The van der Waals surface area contributed by atoms with Gasteiger partial charge in [-0.25, -0.2) is 4.21 Å². The molecule has 3 nitrogen and oxygen atoms in total. The van der Waals surface area contributed by atoms with Gasteiger partial charge in [0.25, 0.3) is 0 Å². The van der Waals surface area contributed by atoms with Gasteiger partial charge in [-0.05, 0) is 18.2 Å². The Morgan fingerprint density at radius 1 is 1.31 bits per heavy atom. The maximum absolute atomic E-state index is 11.7. The highest BCUT2D eigenvalue weighted by molar-refractivity contribution is 7.84. The molecule has 8 heteroatoms. The largest absolute Gasteiger partial charge is 0.338 e. The van der Waals surface area contributed by atoms with E-state index in [1.165, 1.54) is 0 Å². The molecule has 0 saturated carbocycles. The Hall–Kier alpha value is -0.000000000000000111. The van der Waals surface area contributed by atoms with Crippen LogP contribution in [-0.2, 0) is 11.0 Å². The first kappa shape index (κ1) is 12.5. The van der Waals surface area contributed by atoms with Crippen molar-refractivity contribution in [1.29, 1.82) is 0 Å². The summed E-state index contributed by atoms with van der Waals surface area (Å²) in [5, 5.41) is 3.27. The molecule has 0 saturated heterocycles. The lowest BCUT2D eigenvalue weighted by molar-refractivity contribution is 0.684. The number of fused-ring (bicyclic) bond motifs is 1. The zero-order valence-electron chi connectivity index (χ0n) is 7.51. The first-order valence-corrected chi connectivity index (χ1v) is 6.64. The first-order chi connectivity index (χ1) is 7.38. The quantitative estimate of drug-likeness (QED) is 0.743. The molecule has 1 heterocycles. The average Bonchev–Trinajstić information content (AvgIpc) is 2.17. The molecule has 0 aromatic heterocycles. The minimum Gasteiger partial charge on any atom is -0.338 e. The molecule has 1 aliphatic rings. The third kappa shape index (κ3) is 2.46. The van der Waals surface area contributed by atoms with E-state index >= 15 is 0 Å². The molecular formula is C8H4Cl4N2OS. The molecule has 16 heavy (non-hydrogen) atoms. The summed E-state index contributed by atoms with van der Waals surface area (Å²) in [6, 6.07) is 4.85. The zero-order chi connectivity index (χ0) is 11.9. The second-order valence-electron chi connectivity index (χ2n) is 2.95. The lowest BCUT2D eigenvalue weighted by atomic mass is 10.3. The number of rotatable bonds is 0. The first-order valence-electron chi connectivity index (χ1n) is 4.02. The Kier molecular flexibility index (Phi) is 3.39. The molecule has 2 rings (SSSR count). The zero-order valence-corrected chi connectivity index (χ0v) is 11.3. The van der Waals surface area contributed by atoms with Gasteiger partial charge in [-0.1, -0.05) is 46.4 Å². The van der Waals surface area contributed by atoms with E-state index < -0.39 is 14.8 Å². The summed E-state index contributed by atoms with van der Waals surface area (Å²) in [4.78, 5) is 0.463. The number of hydrogen-bond acceptors (Lipinski definition) is 2. The third-order valence-corrected chi connectivity index (χ3v) is 3.66. The van der Waals surface area contributed by atoms with Crippen LogP contribution in [0.5, 0.6) is 0 Å². The Bertz CT molecular complexity index is 497. The minimum absolute atomic E-state index is 0.0330. The van der Waals surface area contributed by atoms with E-state index in [4.69, 9.17) is 46.4 Å². The summed E-state index contributed by atoms with van der Waals surface area (Å²) in [5.41, 5.74) is 0.569. The summed E-state index contributed by atoms with van der Waals surface area (Å²) < 4.78 is 13.8. The van der Waals surface area contributed by atoms with Crippen molar-refractivity contribution in [3.8, 4) is 0 Å². The van der Waals surface area contributed by atoms with Gasteiger partial charge in [0, 0.05) is 5.02 Å². The fourth-order valence-corrected chi connectivity index (χ4v) is 2.79. The molecule has 0 fully saturated rings. The SMILES string of the molecule is O=S1N=C(C(Cl)(Cl)Cl)Nc2ccc(Cl)cc21. The van der Waals surface area contributed by atoms with Crippen LogP contribution in [0.15, 0.2) is 27.5 Å². The van der Waals surface area contributed by atoms with Gasteiger partial charge in [0.1, 0.15) is 0 Å². The Morgan fingerprint density at radius 3 is 2.62 bits per heavy atom. The molecule has 1 aliphatic heterocycles. The molecule has 1 aromatic carbocycles. The molecule has 0 spiro atoms. The monoisotopic (exact) mass is 316 g/mol. The number of halogens is 4. The van der Waals surface area contributed by atoms with Crippen molar-refractivity contribution < 1.29 is 4.21 Å². The van der Waals surface area contributed by atoms with Gasteiger partial charge in [-0.15, -0.1) is 0 Å². The topological polar surface area (TPSA) is 41.5 Å². The van der Waals surface area contributed by atoms with Crippen molar-refractivity contribution in [2.75, 3.05) is 5.32 Å². The number of nitrogens with zero attached hydrogens (tertiary/aromatic N) is 1. The number of hydrogen-bond donors (Lipinski definition) is 1. The number of nitrogens with one attached hydrogen (secondary N) is 1. The Labute approximate surface area is 114 Å². The van der Waals surface area contributed by atoms with Crippen molar-refractivity contribution in [3.63, 3.8) is 0 Å². The van der Waals surface area contributed by atoms with Crippen molar-refractivity contribution >= 4 is 68.9 Å². The Balaban J connectivity index is 2.46.